The Bertz CT molecular complexity index is 620. The lowest BCUT2D eigenvalue weighted by molar-refractivity contribution is -0.142. The van der Waals surface area contributed by atoms with Crippen molar-refractivity contribution in [3.8, 4) is 11.1 Å². The van der Waals surface area contributed by atoms with Crippen molar-refractivity contribution in [3.05, 3.63) is 60.2 Å². The Kier molecular flexibility index (Phi) is 4.72. The molecule has 4 nitrogen and oxygen atoms in total. The summed E-state index contributed by atoms with van der Waals surface area (Å²) in [6.45, 7) is 1.59. The fourth-order valence-electron chi connectivity index (χ4n) is 1.96. The van der Waals surface area contributed by atoms with Crippen LogP contribution in [0, 0.1) is 0 Å². The van der Waals surface area contributed by atoms with E-state index in [2.05, 4.69) is 10.1 Å². The van der Waals surface area contributed by atoms with Crippen LogP contribution >= 0.6 is 0 Å². The summed E-state index contributed by atoms with van der Waals surface area (Å²) in [6, 6.07) is 16.5. The molecule has 0 aliphatic rings. The predicted molar refractivity (Wildman–Crippen MR) is 80.8 cm³/mol. The first-order valence-corrected chi connectivity index (χ1v) is 6.66. The van der Waals surface area contributed by atoms with Crippen LogP contribution in [0.1, 0.15) is 17.3 Å². The molecule has 0 bridgehead atoms. The van der Waals surface area contributed by atoms with Crippen LogP contribution in [0.4, 0.5) is 0 Å². The summed E-state index contributed by atoms with van der Waals surface area (Å²) < 4.78 is 4.57. The highest BCUT2D eigenvalue weighted by atomic mass is 16.5. The number of esters is 1. The Morgan fingerprint density at radius 3 is 2.10 bits per heavy atom. The number of nitrogens with one attached hydrogen (secondary N) is 1. The highest BCUT2D eigenvalue weighted by Gasteiger charge is 2.16. The number of hydrogen-bond donors (Lipinski definition) is 1. The van der Waals surface area contributed by atoms with Crippen molar-refractivity contribution in [3.63, 3.8) is 0 Å². The highest BCUT2D eigenvalue weighted by molar-refractivity contribution is 5.97. The summed E-state index contributed by atoms with van der Waals surface area (Å²) in [5, 5.41) is 2.59. The first-order chi connectivity index (χ1) is 10.1. The van der Waals surface area contributed by atoms with Crippen LogP contribution in [0.15, 0.2) is 54.6 Å². The molecule has 21 heavy (non-hydrogen) atoms. The van der Waals surface area contributed by atoms with Gasteiger partial charge in [-0.3, -0.25) is 4.79 Å². The minimum atomic E-state index is -0.670. The smallest absolute Gasteiger partial charge is 0.328 e. The van der Waals surface area contributed by atoms with Gasteiger partial charge < -0.3 is 10.1 Å². The van der Waals surface area contributed by atoms with E-state index in [0.29, 0.717) is 5.56 Å². The Morgan fingerprint density at radius 1 is 0.952 bits per heavy atom. The zero-order valence-electron chi connectivity index (χ0n) is 12.0. The zero-order valence-corrected chi connectivity index (χ0v) is 12.0. The van der Waals surface area contributed by atoms with E-state index >= 15 is 0 Å². The van der Waals surface area contributed by atoms with Crippen molar-refractivity contribution in [2.75, 3.05) is 7.11 Å². The van der Waals surface area contributed by atoms with Gasteiger partial charge in [-0.15, -0.1) is 0 Å². The molecule has 0 aliphatic carbocycles. The number of hydrogen-bond acceptors (Lipinski definition) is 3. The SMILES string of the molecule is COC(=O)[C@H](C)NC(=O)c1ccc(-c2ccccc2)cc1. The number of carbonyl (C=O) groups excluding carboxylic acids is 2. The Hall–Kier alpha value is -2.62. The van der Waals surface area contributed by atoms with E-state index in [0.717, 1.165) is 11.1 Å². The molecule has 0 spiro atoms. The molecule has 0 fully saturated rings. The standard InChI is InChI=1S/C17H17NO3/c1-12(17(20)21-2)18-16(19)15-10-8-14(9-11-15)13-6-4-3-5-7-13/h3-12H,1-2H3,(H,18,19)/t12-/m0/s1. The van der Waals surface area contributed by atoms with E-state index in [9.17, 15) is 9.59 Å². The summed E-state index contributed by atoms with van der Waals surface area (Å²) in [6.07, 6.45) is 0. The third kappa shape index (κ3) is 3.69. The van der Waals surface area contributed by atoms with Crippen LogP contribution in [0.3, 0.4) is 0 Å². The van der Waals surface area contributed by atoms with E-state index in [1.165, 1.54) is 7.11 Å². The van der Waals surface area contributed by atoms with E-state index < -0.39 is 12.0 Å². The largest absolute Gasteiger partial charge is 0.467 e. The molecule has 0 aliphatic heterocycles. The maximum absolute atomic E-state index is 12.0. The molecule has 0 saturated heterocycles. The summed E-state index contributed by atoms with van der Waals surface area (Å²) in [7, 11) is 1.29. The first kappa shape index (κ1) is 14.8. The van der Waals surface area contributed by atoms with Crippen molar-refractivity contribution >= 4 is 11.9 Å². The maximum atomic E-state index is 12.0. The maximum Gasteiger partial charge on any atom is 0.328 e. The molecule has 2 aromatic carbocycles. The van der Waals surface area contributed by atoms with Gasteiger partial charge in [0.05, 0.1) is 7.11 Å². The van der Waals surface area contributed by atoms with Gasteiger partial charge in [0, 0.05) is 5.56 Å². The molecule has 2 rings (SSSR count). The van der Waals surface area contributed by atoms with Gasteiger partial charge in [0.25, 0.3) is 5.91 Å². The normalized spacial score (nSPS) is 11.5. The zero-order chi connectivity index (χ0) is 15.2. The van der Waals surface area contributed by atoms with E-state index in [4.69, 9.17) is 0 Å². The number of ether oxygens (including phenoxy) is 1. The van der Waals surface area contributed by atoms with Crippen molar-refractivity contribution < 1.29 is 14.3 Å². The van der Waals surface area contributed by atoms with Crippen molar-refractivity contribution in [1.82, 2.24) is 5.32 Å². The predicted octanol–water partition coefficient (Wildman–Crippen LogP) is 2.64. The van der Waals surface area contributed by atoms with Gasteiger partial charge in [0.2, 0.25) is 0 Å². The third-order valence-corrected chi connectivity index (χ3v) is 3.16. The molecule has 0 radical (unpaired) electrons. The van der Waals surface area contributed by atoms with Crippen LogP contribution in [-0.2, 0) is 9.53 Å². The first-order valence-electron chi connectivity index (χ1n) is 6.66. The van der Waals surface area contributed by atoms with E-state index in [1.807, 2.05) is 42.5 Å². The molecular weight excluding hydrogens is 266 g/mol. The monoisotopic (exact) mass is 283 g/mol. The summed E-state index contributed by atoms with van der Waals surface area (Å²) in [5.74, 6) is -0.767. The Morgan fingerprint density at radius 2 is 1.52 bits per heavy atom. The second-order valence-electron chi connectivity index (χ2n) is 4.66. The van der Waals surface area contributed by atoms with Crippen LogP contribution in [0.2, 0.25) is 0 Å². The quantitative estimate of drug-likeness (QED) is 0.878. The third-order valence-electron chi connectivity index (χ3n) is 3.16. The molecular formula is C17H17NO3. The lowest BCUT2D eigenvalue weighted by Gasteiger charge is -2.11. The van der Waals surface area contributed by atoms with Gasteiger partial charge in [0.15, 0.2) is 0 Å². The van der Waals surface area contributed by atoms with Gasteiger partial charge in [-0.05, 0) is 30.2 Å². The van der Waals surface area contributed by atoms with Gasteiger partial charge in [-0.1, -0.05) is 42.5 Å². The fraction of sp³-hybridized carbons (Fsp3) is 0.176. The van der Waals surface area contributed by atoms with Crippen LogP contribution in [-0.4, -0.2) is 25.0 Å². The summed E-state index contributed by atoms with van der Waals surface area (Å²) in [4.78, 5) is 23.3. The van der Waals surface area contributed by atoms with Gasteiger partial charge in [-0.25, -0.2) is 4.79 Å². The molecule has 1 atom stereocenters. The lowest BCUT2D eigenvalue weighted by Crippen LogP contribution is -2.39. The minimum absolute atomic E-state index is 0.299. The Balaban J connectivity index is 2.09. The number of methoxy groups -OCH3 is 1. The van der Waals surface area contributed by atoms with E-state index in [-0.39, 0.29) is 5.91 Å². The number of amides is 1. The van der Waals surface area contributed by atoms with Crippen LogP contribution in [0.25, 0.3) is 11.1 Å². The van der Waals surface area contributed by atoms with Gasteiger partial charge >= 0.3 is 5.97 Å². The molecule has 1 N–H and O–H groups in total. The van der Waals surface area contributed by atoms with Crippen molar-refractivity contribution in [2.45, 2.75) is 13.0 Å². The average molecular weight is 283 g/mol. The molecule has 0 heterocycles. The van der Waals surface area contributed by atoms with Gasteiger partial charge in [-0.2, -0.15) is 0 Å². The molecule has 1 amide bonds. The lowest BCUT2D eigenvalue weighted by atomic mass is 10.0. The van der Waals surface area contributed by atoms with Crippen LogP contribution < -0.4 is 5.32 Å². The highest BCUT2D eigenvalue weighted by Crippen LogP contribution is 2.19. The topological polar surface area (TPSA) is 55.4 Å². The second kappa shape index (κ2) is 6.70. The molecule has 2 aromatic rings. The van der Waals surface area contributed by atoms with Crippen molar-refractivity contribution in [2.24, 2.45) is 0 Å². The van der Waals surface area contributed by atoms with E-state index in [1.54, 1.807) is 19.1 Å². The molecule has 0 saturated carbocycles. The fourth-order valence-corrected chi connectivity index (χ4v) is 1.96. The second-order valence-corrected chi connectivity index (χ2v) is 4.66. The number of rotatable bonds is 4. The summed E-state index contributed by atoms with van der Waals surface area (Å²) >= 11 is 0. The molecule has 108 valence electrons. The molecule has 0 aromatic heterocycles. The number of benzene rings is 2. The summed E-state index contributed by atoms with van der Waals surface area (Å²) in [5.41, 5.74) is 2.63. The average Bonchev–Trinajstić information content (AvgIpc) is 2.55. The van der Waals surface area contributed by atoms with Crippen molar-refractivity contribution in [1.29, 1.82) is 0 Å². The van der Waals surface area contributed by atoms with Gasteiger partial charge in [0.1, 0.15) is 6.04 Å². The Labute approximate surface area is 123 Å². The molecule has 4 heteroatoms. The minimum Gasteiger partial charge on any atom is -0.467 e. The number of carbonyl (C=O) groups is 2. The molecule has 0 unspecified atom stereocenters. The van der Waals surface area contributed by atoms with Crippen LogP contribution in [0.5, 0.6) is 0 Å².